The maximum absolute atomic E-state index is 13.4. The predicted molar refractivity (Wildman–Crippen MR) is 62.4 cm³/mol. The van der Waals surface area contributed by atoms with Gasteiger partial charge in [-0.05, 0) is 18.6 Å². The van der Waals surface area contributed by atoms with E-state index in [9.17, 15) is 13.2 Å². The molecule has 0 fully saturated rings. The smallest absolute Gasteiger partial charge is 0.289 e. The molecule has 7 heteroatoms. The summed E-state index contributed by atoms with van der Waals surface area (Å²) in [5, 5.41) is 8.34. The Morgan fingerprint density at radius 2 is 2.00 bits per heavy atom. The lowest BCUT2D eigenvalue weighted by Crippen LogP contribution is -2.37. The van der Waals surface area contributed by atoms with Gasteiger partial charge in [-0.25, -0.2) is 13.2 Å². The van der Waals surface area contributed by atoms with Crippen LogP contribution in [0.1, 0.15) is 17.2 Å². The molecule has 1 aromatic rings. The Kier molecular flexibility index (Phi) is 5.74. The SMILES string of the molecule is Cc1ccc(F)c([C@H](N)C(F)(F)CO)c1Cl.Cl. The summed E-state index contributed by atoms with van der Waals surface area (Å²) in [5.41, 5.74) is 5.19. The molecule has 0 radical (unpaired) electrons. The number of aliphatic hydroxyl groups is 1. The molecule has 98 valence electrons. The second-order valence-electron chi connectivity index (χ2n) is 3.49. The van der Waals surface area contributed by atoms with Gasteiger partial charge in [0.15, 0.2) is 0 Å². The van der Waals surface area contributed by atoms with E-state index in [0.29, 0.717) is 5.56 Å². The molecule has 0 aliphatic heterocycles. The van der Waals surface area contributed by atoms with Crippen molar-refractivity contribution in [2.24, 2.45) is 5.73 Å². The minimum absolute atomic E-state index is 0. The average Bonchev–Trinajstić information content (AvgIpc) is 2.24. The Hall–Kier alpha value is -0.490. The molecule has 0 heterocycles. The minimum Gasteiger partial charge on any atom is -0.390 e. The number of benzene rings is 1. The molecule has 0 spiro atoms. The topological polar surface area (TPSA) is 46.2 Å². The molecule has 0 aromatic heterocycles. The summed E-state index contributed by atoms with van der Waals surface area (Å²) in [7, 11) is 0. The quantitative estimate of drug-likeness (QED) is 0.899. The summed E-state index contributed by atoms with van der Waals surface area (Å²) in [6, 6.07) is 0.416. The largest absolute Gasteiger partial charge is 0.390 e. The van der Waals surface area contributed by atoms with E-state index in [1.807, 2.05) is 0 Å². The number of aliphatic hydroxyl groups excluding tert-OH is 1. The summed E-state index contributed by atoms with van der Waals surface area (Å²) in [6.07, 6.45) is 0. The highest BCUT2D eigenvalue weighted by Gasteiger charge is 2.40. The van der Waals surface area contributed by atoms with E-state index in [0.717, 1.165) is 6.07 Å². The highest BCUT2D eigenvalue weighted by Crippen LogP contribution is 2.35. The molecule has 0 saturated heterocycles. The summed E-state index contributed by atoms with van der Waals surface area (Å²) >= 11 is 5.72. The Morgan fingerprint density at radius 1 is 1.47 bits per heavy atom. The number of nitrogens with two attached hydrogens (primary N) is 1. The van der Waals surface area contributed by atoms with Crippen molar-refractivity contribution in [2.45, 2.75) is 18.9 Å². The molecule has 0 aliphatic rings. The third-order valence-electron chi connectivity index (χ3n) is 2.30. The van der Waals surface area contributed by atoms with Gasteiger partial charge in [0.25, 0.3) is 5.92 Å². The van der Waals surface area contributed by atoms with Crippen LogP contribution in [-0.2, 0) is 0 Å². The Labute approximate surface area is 108 Å². The molecule has 0 saturated carbocycles. The molecule has 1 atom stereocenters. The maximum atomic E-state index is 13.4. The third-order valence-corrected chi connectivity index (χ3v) is 2.80. The van der Waals surface area contributed by atoms with Gasteiger partial charge in [-0.3, -0.25) is 0 Å². The third kappa shape index (κ3) is 3.25. The lowest BCUT2D eigenvalue weighted by molar-refractivity contribution is -0.0718. The molecule has 1 aromatic carbocycles. The summed E-state index contributed by atoms with van der Waals surface area (Å²) < 4.78 is 39.6. The van der Waals surface area contributed by atoms with Gasteiger partial charge in [-0.1, -0.05) is 17.7 Å². The van der Waals surface area contributed by atoms with Gasteiger partial charge in [0, 0.05) is 5.56 Å². The van der Waals surface area contributed by atoms with Crippen molar-refractivity contribution in [1.29, 1.82) is 0 Å². The van der Waals surface area contributed by atoms with Gasteiger partial charge < -0.3 is 10.8 Å². The second-order valence-corrected chi connectivity index (χ2v) is 3.87. The van der Waals surface area contributed by atoms with E-state index in [1.165, 1.54) is 6.07 Å². The van der Waals surface area contributed by atoms with Crippen molar-refractivity contribution < 1.29 is 18.3 Å². The fourth-order valence-corrected chi connectivity index (χ4v) is 1.54. The molecule has 17 heavy (non-hydrogen) atoms. The van der Waals surface area contributed by atoms with Gasteiger partial charge in [-0.15, -0.1) is 12.4 Å². The fraction of sp³-hybridized carbons (Fsp3) is 0.400. The molecule has 0 unspecified atom stereocenters. The van der Waals surface area contributed by atoms with E-state index >= 15 is 0 Å². The number of aryl methyl sites for hydroxylation is 1. The summed E-state index contributed by atoms with van der Waals surface area (Å²) in [5.74, 6) is -4.52. The maximum Gasteiger partial charge on any atom is 0.289 e. The number of alkyl halides is 2. The number of hydrogen-bond donors (Lipinski definition) is 2. The minimum atomic E-state index is -3.61. The number of rotatable bonds is 3. The van der Waals surface area contributed by atoms with Gasteiger partial charge in [-0.2, -0.15) is 0 Å². The van der Waals surface area contributed by atoms with Gasteiger partial charge in [0.05, 0.1) is 5.02 Å². The fourth-order valence-electron chi connectivity index (χ4n) is 1.27. The zero-order valence-electron chi connectivity index (χ0n) is 8.88. The average molecular weight is 290 g/mol. The second kappa shape index (κ2) is 5.91. The molecular weight excluding hydrogens is 278 g/mol. The van der Waals surface area contributed by atoms with Crippen LogP contribution in [0.2, 0.25) is 5.02 Å². The standard InChI is InChI=1S/C10H11ClF3NO.ClH/c1-5-2-3-6(12)7(8(5)11)9(15)10(13,14)4-16;/h2-3,9,16H,4,15H2,1H3;1H/t9-;/m0./s1. The zero-order chi connectivity index (χ0) is 12.5. The Morgan fingerprint density at radius 3 is 2.47 bits per heavy atom. The van der Waals surface area contributed by atoms with Crippen LogP contribution in [-0.4, -0.2) is 17.6 Å². The molecule has 0 bridgehead atoms. The van der Waals surface area contributed by atoms with Crippen LogP contribution in [0.25, 0.3) is 0 Å². The van der Waals surface area contributed by atoms with Gasteiger partial charge in [0.1, 0.15) is 18.5 Å². The first kappa shape index (κ1) is 16.5. The molecule has 3 N–H and O–H groups in total. The highest BCUT2D eigenvalue weighted by atomic mass is 35.5. The lowest BCUT2D eigenvalue weighted by Gasteiger charge is -2.23. The van der Waals surface area contributed by atoms with Crippen molar-refractivity contribution >= 4 is 24.0 Å². The number of hydrogen-bond acceptors (Lipinski definition) is 2. The van der Waals surface area contributed by atoms with E-state index in [1.54, 1.807) is 6.92 Å². The first-order chi connectivity index (χ1) is 7.31. The van der Waals surface area contributed by atoms with Crippen LogP contribution in [0, 0.1) is 12.7 Å². The molecule has 1 rings (SSSR count). The molecule has 0 aliphatic carbocycles. The van der Waals surface area contributed by atoms with Gasteiger partial charge >= 0.3 is 0 Å². The van der Waals surface area contributed by atoms with E-state index in [4.69, 9.17) is 22.4 Å². The normalized spacial score (nSPS) is 13.1. The van der Waals surface area contributed by atoms with Crippen molar-refractivity contribution in [1.82, 2.24) is 0 Å². The molecule has 0 amide bonds. The highest BCUT2D eigenvalue weighted by molar-refractivity contribution is 6.32. The summed E-state index contributed by atoms with van der Waals surface area (Å²) in [6.45, 7) is 0.0902. The van der Waals surface area contributed by atoms with Crippen LogP contribution < -0.4 is 5.73 Å². The molecular formula is C10H12Cl2F3NO. The lowest BCUT2D eigenvalue weighted by atomic mass is 9.99. The number of halogens is 5. The van der Waals surface area contributed by atoms with Crippen molar-refractivity contribution in [3.05, 3.63) is 34.1 Å². The monoisotopic (exact) mass is 289 g/mol. The van der Waals surface area contributed by atoms with E-state index in [-0.39, 0.29) is 17.4 Å². The predicted octanol–water partition coefficient (Wildman–Crippen LogP) is 2.84. The first-order valence-corrected chi connectivity index (χ1v) is 4.88. The van der Waals surface area contributed by atoms with Crippen LogP contribution in [0.15, 0.2) is 12.1 Å². The van der Waals surface area contributed by atoms with Crippen LogP contribution in [0.3, 0.4) is 0 Å². The van der Waals surface area contributed by atoms with E-state index < -0.39 is 30.0 Å². The van der Waals surface area contributed by atoms with Crippen molar-refractivity contribution in [2.75, 3.05) is 6.61 Å². The van der Waals surface area contributed by atoms with Crippen LogP contribution in [0.5, 0.6) is 0 Å². The zero-order valence-corrected chi connectivity index (χ0v) is 10.5. The molecule has 2 nitrogen and oxygen atoms in total. The van der Waals surface area contributed by atoms with Crippen LogP contribution >= 0.6 is 24.0 Å². The Balaban J connectivity index is 0.00000256. The summed E-state index contributed by atoms with van der Waals surface area (Å²) in [4.78, 5) is 0. The van der Waals surface area contributed by atoms with Crippen molar-refractivity contribution in [3.63, 3.8) is 0 Å². The Bertz CT molecular complexity index is 401. The first-order valence-electron chi connectivity index (χ1n) is 4.50. The van der Waals surface area contributed by atoms with Crippen molar-refractivity contribution in [3.8, 4) is 0 Å². The van der Waals surface area contributed by atoms with Crippen LogP contribution in [0.4, 0.5) is 13.2 Å². The van der Waals surface area contributed by atoms with Gasteiger partial charge in [0.2, 0.25) is 0 Å². The van der Waals surface area contributed by atoms with E-state index in [2.05, 4.69) is 0 Å².